The van der Waals surface area contributed by atoms with Gasteiger partial charge in [-0.2, -0.15) is 0 Å². The third kappa shape index (κ3) is 2.69. The van der Waals surface area contributed by atoms with Crippen molar-refractivity contribution < 1.29 is 8.78 Å². The van der Waals surface area contributed by atoms with Crippen molar-refractivity contribution in [3.8, 4) is 0 Å². The van der Waals surface area contributed by atoms with Crippen molar-refractivity contribution in [2.45, 2.75) is 20.3 Å². The first-order valence-electron chi connectivity index (χ1n) is 5.87. The molecule has 0 amide bonds. The fourth-order valence-electron chi connectivity index (χ4n) is 1.99. The highest BCUT2D eigenvalue weighted by molar-refractivity contribution is 9.10. The number of nitrogens with one attached hydrogen (secondary N) is 1. The molecule has 0 saturated heterocycles. The Morgan fingerprint density at radius 2 is 2.05 bits per heavy atom. The molecule has 1 heterocycles. The summed E-state index contributed by atoms with van der Waals surface area (Å²) in [7, 11) is 0. The number of benzene rings is 1. The van der Waals surface area contributed by atoms with Gasteiger partial charge in [-0.05, 0) is 40.4 Å². The molecule has 6 heteroatoms. The van der Waals surface area contributed by atoms with E-state index in [4.69, 9.17) is 5.84 Å². The number of anilines is 1. The van der Waals surface area contributed by atoms with Crippen LogP contribution in [0.3, 0.4) is 0 Å². The van der Waals surface area contributed by atoms with Gasteiger partial charge in [0, 0.05) is 5.69 Å². The van der Waals surface area contributed by atoms with E-state index < -0.39 is 11.6 Å². The second kappa shape index (κ2) is 5.38. The van der Waals surface area contributed by atoms with Gasteiger partial charge in [0.2, 0.25) is 0 Å². The lowest BCUT2D eigenvalue weighted by Gasteiger charge is -2.12. The molecule has 0 saturated carbocycles. The van der Waals surface area contributed by atoms with Crippen LogP contribution in [0.5, 0.6) is 0 Å². The lowest BCUT2D eigenvalue weighted by Crippen LogP contribution is -2.10. The standard InChI is InChI=1S/C13H14BrF2N3/c1-6(2)3-7-4-10(19-17)11-12(16)8(14)5-9(15)13(11)18-7/h4-6H,3,17H2,1-2H3,(H,18,19). The van der Waals surface area contributed by atoms with E-state index in [1.165, 1.54) is 0 Å². The number of nitrogens with two attached hydrogens (primary N) is 1. The van der Waals surface area contributed by atoms with Gasteiger partial charge in [0.15, 0.2) is 5.82 Å². The smallest absolute Gasteiger partial charge is 0.150 e. The SMILES string of the molecule is CC(C)Cc1cc(NN)c2c(F)c(Br)cc(F)c2n1. The first-order chi connectivity index (χ1) is 8.93. The summed E-state index contributed by atoms with van der Waals surface area (Å²) in [6.45, 7) is 4.06. The molecular weight excluding hydrogens is 316 g/mol. The molecule has 3 N–H and O–H groups in total. The Morgan fingerprint density at radius 1 is 1.37 bits per heavy atom. The molecule has 1 aromatic carbocycles. The summed E-state index contributed by atoms with van der Waals surface area (Å²) in [4.78, 5) is 4.19. The Balaban J connectivity index is 2.77. The lowest BCUT2D eigenvalue weighted by molar-refractivity contribution is 0.606. The molecule has 0 bridgehead atoms. The molecule has 19 heavy (non-hydrogen) atoms. The van der Waals surface area contributed by atoms with Gasteiger partial charge in [-0.15, -0.1) is 0 Å². The highest BCUT2D eigenvalue weighted by Gasteiger charge is 2.17. The van der Waals surface area contributed by atoms with Crippen molar-refractivity contribution in [1.29, 1.82) is 0 Å². The summed E-state index contributed by atoms with van der Waals surface area (Å²) in [5.41, 5.74) is 3.41. The molecule has 2 aromatic rings. The highest BCUT2D eigenvalue weighted by Crippen LogP contribution is 2.32. The van der Waals surface area contributed by atoms with Crippen LogP contribution in [0.4, 0.5) is 14.5 Å². The molecule has 0 unspecified atom stereocenters. The van der Waals surface area contributed by atoms with Crippen LogP contribution in [0.1, 0.15) is 19.5 Å². The van der Waals surface area contributed by atoms with Crippen molar-refractivity contribution in [1.82, 2.24) is 4.98 Å². The minimum absolute atomic E-state index is 0.00759. The molecule has 0 aliphatic heterocycles. The first kappa shape index (κ1) is 14.1. The van der Waals surface area contributed by atoms with Crippen molar-refractivity contribution in [2.75, 3.05) is 5.43 Å². The predicted molar refractivity (Wildman–Crippen MR) is 75.7 cm³/mol. The van der Waals surface area contributed by atoms with Gasteiger partial charge < -0.3 is 5.43 Å². The van der Waals surface area contributed by atoms with E-state index in [2.05, 4.69) is 26.3 Å². The number of fused-ring (bicyclic) bond motifs is 1. The number of hydrazine groups is 1. The van der Waals surface area contributed by atoms with Crippen LogP contribution in [0.25, 0.3) is 10.9 Å². The van der Waals surface area contributed by atoms with E-state index in [0.717, 1.165) is 6.07 Å². The maximum absolute atomic E-state index is 14.1. The molecular formula is C13H14BrF2N3. The molecule has 0 atom stereocenters. The number of rotatable bonds is 3. The van der Waals surface area contributed by atoms with Gasteiger partial charge in [0.1, 0.15) is 11.3 Å². The predicted octanol–water partition coefficient (Wildman–Crippen LogP) is 3.76. The van der Waals surface area contributed by atoms with Crippen LogP contribution >= 0.6 is 15.9 Å². The third-order valence-electron chi connectivity index (χ3n) is 2.75. The van der Waals surface area contributed by atoms with Crippen LogP contribution in [0.15, 0.2) is 16.6 Å². The highest BCUT2D eigenvalue weighted by atomic mass is 79.9. The molecule has 3 nitrogen and oxygen atoms in total. The van der Waals surface area contributed by atoms with Gasteiger partial charge in [-0.3, -0.25) is 5.84 Å². The molecule has 0 radical (unpaired) electrons. The molecule has 0 spiro atoms. The van der Waals surface area contributed by atoms with Gasteiger partial charge >= 0.3 is 0 Å². The minimum atomic E-state index is -0.578. The van der Waals surface area contributed by atoms with E-state index in [1.54, 1.807) is 6.07 Å². The number of nitrogens with zero attached hydrogens (tertiary/aromatic N) is 1. The number of halogens is 3. The summed E-state index contributed by atoms with van der Waals surface area (Å²) in [5.74, 6) is 4.61. The van der Waals surface area contributed by atoms with Crippen molar-refractivity contribution >= 4 is 32.5 Å². The maximum atomic E-state index is 14.1. The molecule has 0 aliphatic rings. The Bertz CT molecular complexity index is 629. The van der Waals surface area contributed by atoms with E-state index >= 15 is 0 Å². The fraction of sp³-hybridized carbons (Fsp3) is 0.308. The average Bonchev–Trinajstić information content (AvgIpc) is 2.34. The summed E-state index contributed by atoms with van der Waals surface area (Å²) in [6.07, 6.45) is 0.668. The van der Waals surface area contributed by atoms with Crippen LogP contribution in [0, 0.1) is 17.6 Å². The second-order valence-electron chi connectivity index (χ2n) is 4.78. The van der Waals surface area contributed by atoms with Crippen LogP contribution in [-0.4, -0.2) is 4.98 Å². The van der Waals surface area contributed by atoms with Gasteiger partial charge in [-0.25, -0.2) is 13.8 Å². The first-order valence-corrected chi connectivity index (χ1v) is 6.67. The Kier molecular flexibility index (Phi) is 4.01. The van der Waals surface area contributed by atoms with Crippen molar-refractivity contribution in [3.05, 3.63) is 33.9 Å². The van der Waals surface area contributed by atoms with Gasteiger partial charge in [-0.1, -0.05) is 13.8 Å². The number of hydrogen-bond acceptors (Lipinski definition) is 3. The zero-order valence-electron chi connectivity index (χ0n) is 10.6. The normalized spacial score (nSPS) is 11.3. The van der Waals surface area contributed by atoms with Crippen molar-refractivity contribution in [2.24, 2.45) is 11.8 Å². The van der Waals surface area contributed by atoms with Crippen molar-refractivity contribution in [3.63, 3.8) is 0 Å². The Hall–Kier alpha value is -1.27. The van der Waals surface area contributed by atoms with E-state index in [9.17, 15) is 8.78 Å². The van der Waals surface area contributed by atoms with E-state index in [0.29, 0.717) is 23.7 Å². The summed E-state index contributed by atoms with van der Waals surface area (Å²) in [6, 6.07) is 2.72. The van der Waals surface area contributed by atoms with E-state index in [-0.39, 0.29) is 15.4 Å². The van der Waals surface area contributed by atoms with Crippen LogP contribution in [-0.2, 0) is 6.42 Å². The molecule has 2 rings (SSSR count). The number of hydrogen-bond donors (Lipinski definition) is 2. The zero-order valence-corrected chi connectivity index (χ0v) is 12.2. The van der Waals surface area contributed by atoms with Gasteiger partial charge in [0.05, 0.1) is 15.5 Å². The molecule has 1 aromatic heterocycles. The summed E-state index contributed by atoms with van der Waals surface area (Å²) < 4.78 is 28.1. The number of pyridine rings is 1. The Morgan fingerprint density at radius 3 is 2.63 bits per heavy atom. The third-order valence-corrected chi connectivity index (χ3v) is 3.33. The molecule has 102 valence electrons. The Labute approximate surface area is 118 Å². The largest absolute Gasteiger partial charge is 0.323 e. The molecule has 0 fully saturated rings. The maximum Gasteiger partial charge on any atom is 0.150 e. The lowest BCUT2D eigenvalue weighted by atomic mass is 10.1. The fourth-order valence-corrected chi connectivity index (χ4v) is 2.39. The molecule has 0 aliphatic carbocycles. The van der Waals surface area contributed by atoms with Crippen LogP contribution < -0.4 is 11.3 Å². The number of nitrogen functional groups attached to an aromatic ring is 1. The number of aromatic nitrogens is 1. The van der Waals surface area contributed by atoms with E-state index in [1.807, 2.05) is 13.8 Å². The monoisotopic (exact) mass is 329 g/mol. The topological polar surface area (TPSA) is 50.9 Å². The van der Waals surface area contributed by atoms with Gasteiger partial charge in [0.25, 0.3) is 0 Å². The average molecular weight is 330 g/mol. The van der Waals surface area contributed by atoms with Crippen LogP contribution in [0.2, 0.25) is 0 Å². The summed E-state index contributed by atoms with van der Waals surface area (Å²) >= 11 is 2.98. The minimum Gasteiger partial charge on any atom is -0.323 e. The zero-order chi connectivity index (χ0) is 14.2. The summed E-state index contributed by atoms with van der Waals surface area (Å²) in [5, 5.41) is 0.0573. The quantitative estimate of drug-likeness (QED) is 0.512. The second-order valence-corrected chi connectivity index (χ2v) is 5.64.